The Morgan fingerprint density at radius 2 is 1.43 bits per heavy atom. The number of nitrogens with zero attached hydrogens (tertiary/aromatic N) is 1. The van der Waals surface area contributed by atoms with Crippen LogP contribution in [0.5, 0.6) is 0 Å². The van der Waals surface area contributed by atoms with Crippen molar-refractivity contribution in [1.29, 1.82) is 0 Å². The summed E-state index contributed by atoms with van der Waals surface area (Å²) < 4.78 is 0. The molecule has 0 spiro atoms. The van der Waals surface area contributed by atoms with Gasteiger partial charge in [0, 0.05) is 43.4 Å². The number of Topliss-reactive ketones (excluding diaryl/α,β-unsaturated/α-hetero) is 1. The Hall–Kier alpha value is -4.81. The van der Waals surface area contributed by atoms with E-state index < -0.39 is 12.0 Å². The van der Waals surface area contributed by atoms with E-state index in [4.69, 9.17) is 0 Å². The van der Waals surface area contributed by atoms with Crippen LogP contribution in [0.2, 0.25) is 0 Å². The highest BCUT2D eigenvalue weighted by Gasteiger charge is 2.21. The fraction of sp³-hybridized carbons (Fsp3) is 0.147. The van der Waals surface area contributed by atoms with Gasteiger partial charge < -0.3 is 15.3 Å². The zero-order valence-electron chi connectivity index (χ0n) is 22.4. The number of aliphatic carboxylic acids is 1. The molecule has 0 saturated carbocycles. The number of carbonyl (C=O) groups is 3. The van der Waals surface area contributed by atoms with Crippen LogP contribution in [0.15, 0.2) is 121 Å². The highest BCUT2D eigenvalue weighted by Crippen LogP contribution is 2.22. The highest BCUT2D eigenvalue weighted by atomic mass is 16.4. The van der Waals surface area contributed by atoms with Crippen molar-refractivity contribution in [1.82, 2.24) is 10.2 Å². The Labute approximate surface area is 234 Å². The summed E-state index contributed by atoms with van der Waals surface area (Å²) in [7, 11) is 1.66. The predicted octanol–water partition coefficient (Wildman–Crippen LogP) is 5.65. The Balaban J connectivity index is 1.35. The maximum absolute atomic E-state index is 12.4. The average Bonchev–Trinajstić information content (AvgIpc) is 2.99. The number of carbonyl (C=O) groups excluding carboxylic acids is 2. The minimum absolute atomic E-state index is 0.0518. The van der Waals surface area contributed by atoms with E-state index in [1.54, 1.807) is 36.2 Å². The molecule has 0 aromatic heterocycles. The fourth-order valence-electron chi connectivity index (χ4n) is 4.36. The molecule has 0 radical (unpaired) electrons. The van der Waals surface area contributed by atoms with Gasteiger partial charge in [-0.15, -0.1) is 0 Å². The lowest BCUT2D eigenvalue weighted by Gasteiger charge is -2.23. The Morgan fingerprint density at radius 3 is 2.08 bits per heavy atom. The number of likely N-dealkylation sites (N-methyl/N-ethyl adjacent to an activating group) is 1. The van der Waals surface area contributed by atoms with Gasteiger partial charge in [-0.05, 0) is 28.3 Å². The molecule has 0 aliphatic rings. The number of hydrogen-bond donors (Lipinski definition) is 2. The van der Waals surface area contributed by atoms with Crippen LogP contribution >= 0.6 is 0 Å². The molecular formula is C34H32N2O4. The standard InChI is InChI=1S/C34H32N2O4/c1-36(20-19-32(37)28-10-4-2-5-11-28)31(34(39)40)22-25-15-17-27(18-16-25)30-14-8-9-26(21-30)23-35-24-33(38)29-12-6-3-7-13-29/h2-21,31,35H,22-24H2,1H3,(H,39,40). The smallest absolute Gasteiger partial charge is 0.326 e. The molecule has 0 amide bonds. The summed E-state index contributed by atoms with van der Waals surface area (Å²) in [4.78, 5) is 38.2. The van der Waals surface area contributed by atoms with E-state index in [9.17, 15) is 19.5 Å². The Kier molecular flexibility index (Phi) is 9.75. The lowest BCUT2D eigenvalue weighted by molar-refractivity contribution is -0.141. The zero-order valence-corrected chi connectivity index (χ0v) is 22.4. The predicted molar refractivity (Wildman–Crippen MR) is 157 cm³/mol. The van der Waals surface area contributed by atoms with Crippen molar-refractivity contribution in [3.63, 3.8) is 0 Å². The molecule has 4 rings (SSSR count). The molecule has 0 aliphatic carbocycles. The van der Waals surface area contributed by atoms with Crippen LogP contribution in [0.4, 0.5) is 0 Å². The first kappa shape index (κ1) is 28.2. The maximum Gasteiger partial charge on any atom is 0.326 e. The molecule has 40 heavy (non-hydrogen) atoms. The number of benzene rings is 4. The Bertz CT molecular complexity index is 1470. The van der Waals surface area contributed by atoms with E-state index in [1.807, 2.05) is 78.9 Å². The van der Waals surface area contributed by atoms with E-state index in [0.29, 0.717) is 17.7 Å². The molecule has 0 heterocycles. The molecule has 0 bridgehead atoms. The van der Waals surface area contributed by atoms with Crippen LogP contribution in [0.1, 0.15) is 31.8 Å². The van der Waals surface area contributed by atoms with E-state index in [1.165, 1.54) is 12.3 Å². The maximum atomic E-state index is 12.4. The number of nitrogens with one attached hydrogen (secondary N) is 1. The summed E-state index contributed by atoms with van der Waals surface area (Å²) in [5.41, 5.74) is 5.23. The summed E-state index contributed by atoms with van der Waals surface area (Å²) in [5.74, 6) is -1.09. The molecule has 6 nitrogen and oxygen atoms in total. The van der Waals surface area contributed by atoms with Crippen LogP contribution < -0.4 is 5.32 Å². The molecule has 4 aromatic carbocycles. The molecule has 0 fully saturated rings. The van der Waals surface area contributed by atoms with Crippen molar-refractivity contribution in [2.75, 3.05) is 13.6 Å². The summed E-state index contributed by atoms with van der Waals surface area (Å²) in [6, 6.07) is 33.2. The SMILES string of the molecule is CN(C=CC(=O)c1ccccc1)C(Cc1ccc(-c2cccc(CNCC(=O)c3ccccc3)c2)cc1)C(=O)O. The van der Waals surface area contributed by atoms with Gasteiger partial charge in [0.1, 0.15) is 6.04 Å². The van der Waals surface area contributed by atoms with Gasteiger partial charge in [-0.25, -0.2) is 4.79 Å². The molecule has 0 saturated heterocycles. The van der Waals surface area contributed by atoms with E-state index in [2.05, 4.69) is 11.4 Å². The third kappa shape index (κ3) is 7.85. The molecule has 0 aliphatic heterocycles. The molecule has 1 unspecified atom stereocenters. The van der Waals surface area contributed by atoms with E-state index in [0.717, 1.165) is 22.3 Å². The first-order valence-corrected chi connectivity index (χ1v) is 13.1. The van der Waals surface area contributed by atoms with Crippen LogP contribution in [-0.2, 0) is 17.8 Å². The monoisotopic (exact) mass is 532 g/mol. The molecule has 1 atom stereocenters. The second-order valence-corrected chi connectivity index (χ2v) is 9.56. The summed E-state index contributed by atoms with van der Waals surface area (Å²) in [6.07, 6.45) is 3.21. The number of carboxylic acid groups (broad SMARTS) is 1. The second kappa shape index (κ2) is 13.8. The fourth-order valence-corrected chi connectivity index (χ4v) is 4.36. The van der Waals surface area contributed by atoms with Crippen molar-refractivity contribution < 1.29 is 19.5 Å². The topological polar surface area (TPSA) is 86.7 Å². The normalized spacial score (nSPS) is 11.7. The Morgan fingerprint density at radius 1 is 0.775 bits per heavy atom. The van der Waals surface area contributed by atoms with Gasteiger partial charge in [0.05, 0.1) is 6.54 Å². The van der Waals surface area contributed by atoms with E-state index >= 15 is 0 Å². The van der Waals surface area contributed by atoms with E-state index in [-0.39, 0.29) is 24.5 Å². The van der Waals surface area contributed by atoms with Crippen molar-refractivity contribution in [2.45, 2.75) is 19.0 Å². The average molecular weight is 533 g/mol. The number of ketones is 2. The minimum Gasteiger partial charge on any atom is -0.480 e. The zero-order chi connectivity index (χ0) is 28.3. The van der Waals surface area contributed by atoms with Crippen LogP contribution in [-0.4, -0.2) is 47.2 Å². The highest BCUT2D eigenvalue weighted by molar-refractivity contribution is 6.04. The van der Waals surface area contributed by atoms with Gasteiger partial charge in [-0.3, -0.25) is 9.59 Å². The number of allylic oxidation sites excluding steroid dienone is 1. The number of carboxylic acids is 1. The lowest BCUT2D eigenvalue weighted by Crippen LogP contribution is -2.37. The van der Waals surface area contributed by atoms with Crippen molar-refractivity contribution in [2.24, 2.45) is 0 Å². The van der Waals surface area contributed by atoms with Crippen molar-refractivity contribution in [3.8, 4) is 11.1 Å². The first-order chi connectivity index (χ1) is 19.4. The van der Waals surface area contributed by atoms with Crippen LogP contribution in [0.3, 0.4) is 0 Å². The van der Waals surface area contributed by atoms with Gasteiger partial charge >= 0.3 is 5.97 Å². The van der Waals surface area contributed by atoms with Gasteiger partial charge in [0.2, 0.25) is 0 Å². The van der Waals surface area contributed by atoms with Crippen LogP contribution in [0.25, 0.3) is 11.1 Å². The van der Waals surface area contributed by atoms with Crippen molar-refractivity contribution in [3.05, 3.63) is 144 Å². The van der Waals surface area contributed by atoms with Crippen molar-refractivity contribution >= 4 is 17.5 Å². The third-order valence-electron chi connectivity index (χ3n) is 6.65. The quantitative estimate of drug-likeness (QED) is 0.171. The molecule has 4 aromatic rings. The molecular weight excluding hydrogens is 500 g/mol. The molecule has 202 valence electrons. The number of rotatable bonds is 13. The van der Waals surface area contributed by atoms with Gasteiger partial charge in [-0.2, -0.15) is 0 Å². The molecule has 2 N–H and O–H groups in total. The third-order valence-corrected chi connectivity index (χ3v) is 6.65. The number of hydrogen-bond acceptors (Lipinski definition) is 5. The minimum atomic E-state index is -0.964. The summed E-state index contributed by atoms with van der Waals surface area (Å²) in [5, 5.41) is 13.1. The lowest BCUT2D eigenvalue weighted by atomic mass is 9.99. The molecule has 6 heteroatoms. The van der Waals surface area contributed by atoms with Gasteiger partial charge in [0.25, 0.3) is 0 Å². The van der Waals surface area contributed by atoms with Gasteiger partial charge in [-0.1, -0.05) is 103 Å². The van der Waals surface area contributed by atoms with Crippen LogP contribution in [0, 0.1) is 0 Å². The summed E-state index contributed by atoms with van der Waals surface area (Å²) >= 11 is 0. The first-order valence-electron chi connectivity index (χ1n) is 13.1. The second-order valence-electron chi connectivity index (χ2n) is 9.56. The summed E-state index contributed by atoms with van der Waals surface area (Å²) in [6.45, 7) is 0.829. The largest absolute Gasteiger partial charge is 0.480 e. The van der Waals surface area contributed by atoms with Gasteiger partial charge in [0.15, 0.2) is 11.6 Å².